The number of benzene rings is 2. The molecule has 0 spiro atoms. The van der Waals surface area contributed by atoms with Crippen LogP contribution in [0.15, 0.2) is 51.8 Å². The zero-order valence-corrected chi connectivity index (χ0v) is 16.6. The van der Waals surface area contributed by atoms with Crippen LogP contribution in [0.25, 0.3) is 0 Å². The molecule has 0 bridgehead atoms. The molecule has 0 aromatic heterocycles. The summed E-state index contributed by atoms with van der Waals surface area (Å²) in [4.78, 5) is 12.8. The van der Waals surface area contributed by atoms with Crippen molar-refractivity contribution in [2.75, 3.05) is 25.5 Å². The van der Waals surface area contributed by atoms with E-state index in [0.29, 0.717) is 29.0 Å². The van der Waals surface area contributed by atoms with Crippen molar-refractivity contribution in [2.24, 2.45) is 0 Å². The second-order valence-corrected chi connectivity index (χ2v) is 8.73. The average Bonchev–Trinajstić information content (AvgIpc) is 3.17. The molecule has 3 rings (SSSR count). The van der Waals surface area contributed by atoms with Gasteiger partial charge in [-0.15, -0.1) is 0 Å². The first-order chi connectivity index (χ1) is 12.4. The molecule has 1 N–H and O–H groups in total. The Labute approximate surface area is 161 Å². The quantitative estimate of drug-likeness (QED) is 0.774. The van der Waals surface area contributed by atoms with Crippen molar-refractivity contribution in [3.63, 3.8) is 0 Å². The summed E-state index contributed by atoms with van der Waals surface area (Å²) in [6.07, 6.45) is 1.72. The van der Waals surface area contributed by atoms with E-state index in [1.165, 1.54) is 16.4 Å². The predicted molar refractivity (Wildman–Crippen MR) is 103 cm³/mol. The number of methoxy groups -OCH3 is 1. The monoisotopic (exact) mass is 438 g/mol. The molecule has 6 nitrogen and oxygen atoms in total. The van der Waals surface area contributed by atoms with Gasteiger partial charge >= 0.3 is 0 Å². The van der Waals surface area contributed by atoms with Crippen LogP contribution in [0, 0.1) is 0 Å². The molecule has 0 atom stereocenters. The lowest BCUT2D eigenvalue weighted by Crippen LogP contribution is -2.28. The number of sulfonamides is 1. The number of anilines is 1. The van der Waals surface area contributed by atoms with E-state index < -0.39 is 15.9 Å². The zero-order chi connectivity index (χ0) is 18.7. The van der Waals surface area contributed by atoms with Gasteiger partial charge in [0.05, 0.1) is 17.6 Å². The summed E-state index contributed by atoms with van der Waals surface area (Å²) >= 11 is 3.33. The van der Waals surface area contributed by atoms with Crippen molar-refractivity contribution in [3.05, 3.63) is 52.5 Å². The minimum atomic E-state index is -3.58. The summed E-state index contributed by atoms with van der Waals surface area (Å²) in [5.41, 5.74) is 0.821. The molecule has 0 aliphatic carbocycles. The fourth-order valence-electron chi connectivity index (χ4n) is 2.82. The van der Waals surface area contributed by atoms with Crippen molar-refractivity contribution < 1.29 is 17.9 Å². The predicted octanol–water partition coefficient (Wildman–Crippen LogP) is 3.49. The number of carbonyl (C=O) groups is 1. The summed E-state index contributed by atoms with van der Waals surface area (Å²) in [5.74, 6) is 0.218. The smallest absolute Gasteiger partial charge is 0.256 e. The Morgan fingerprint density at radius 2 is 1.88 bits per heavy atom. The van der Waals surface area contributed by atoms with Gasteiger partial charge in [-0.3, -0.25) is 4.79 Å². The van der Waals surface area contributed by atoms with Crippen molar-refractivity contribution in [2.45, 2.75) is 17.7 Å². The van der Waals surface area contributed by atoms with Crippen LogP contribution in [-0.2, 0) is 10.0 Å². The van der Waals surface area contributed by atoms with Gasteiger partial charge in [0.25, 0.3) is 5.91 Å². The minimum absolute atomic E-state index is 0.124. The van der Waals surface area contributed by atoms with Crippen molar-refractivity contribution in [3.8, 4) is 5.75 Å². The van der Waals surface area contributed by atoms with E-state index in [0.717, 1.165) is 12.8 Å². The second kappa shape index (κ2) is 7.77. The van der Waals surface area contributed by atoms with Crippen LogP contribution >= 0.6 is 15.9 Å². The lowest BCUT2D eigenvalue weighted by atomic mass is 10.2. The molecule has 0 unspecified atom stereocenters. The largest absolute Gasteiger partial charge is 0.497 e. The van der Waals surface area contributed by atoms with Gasteiger partial charge in [-0.2, -0.15) is 4.31 Å². The molecule has 1 saturated heterocycles. The lowest BCUT2D eigenvalue weighted by molar-refractivity contribution is 0.102. The van der Waals surface area contributed by atoms with Gasteiger partial charge < -0.3 is 10.1 Å². The molecule has 1 amide bonds. The number of nitrogens with one attached hydrogen (secondary N) is 1. The lowest BCUT2D eigenvalue weighted by Gasteiger charge is -2.16. The molecule has 2 aromatic carbocycles. The summed E-state index contributed by atoms with van der Waals surface area (Å²) < 4.78 is 32.6. The third-order valence-electron chi connectivity index (χ3n) is 4.21. The van der Waals surface area contributed by atoms with Gasteiger partial charge in [-0.25, -0.2) is 8.42 Å². The van der Waals surface area contributed by atoms with Crippen LogP contribution < -0.4 is 10.1 Å². The summed E-state index contributed by atoms with van der Waals surface area (Å²) in [5, 5.41) is 2.76. The number of rotatable bonds is 5. The Hall–Kier alpha value is -1.90. The highest BCUT2D eigenvalue weighted by atomic mass is 79.9. The van der Waals surface area contributed by atoms with Crippen LogP contribution in [0.4, 0.5) is 5.69 Å². The first-order valence-electron chi connectivity index (χ1n) is 8.17. The molecule has 1 aliphatic rings. The Bertz CT molecular complexity index is 925. The van der Waals surface area contributed by atoms with E-state index in [1.54, 1.807) is 37.4 Å². The molecule has 2 aromatic rings. The molecule has 0 saturated carbocycles. The van der Waals surface area contributed by atoms with Gasteiger partial charge in [0.2, 0.25) is 10.0 Å². The molecule has 1 heterocycles. The highest BCUT2D eigenvalue weighted by Gasteiger charge is 2.28. The Morgan fingerprint density at radius 3 is 2.58 bits per heavy atom. The molecule has 1 aliphatic heterocycles. The zero-order valence-electron chi connectivity index (χ0n) is 14.2. The Morgan fingerprint density at radius 1 is 1.15 bits per heavy atom. The van der Waals surface area contributed by atoms with Gasteiger partial charge in [0, 0.05) is 29.3 Å². The highest BCUT2D eigenvalue weighted by molar-refractivity contribution is 9.10. The van der Waals surface area contributed by atoms with E-state index in [-0.39, 0.29) is 10.5 Å². The van der Waals surface area contributed by atoms with Crippen LogP contribution in [0.5, 0.6) is 5.75 Å². The Balaban J connectivity index is 1.88. The standard InChI is InChI=1S/C18H19BrN2O4S/c1-25-14-6-4-5-13(11-14)20-18(22)16-12-15(7-8-17(16)19)26(23,24)21-9-2-3-10-21/h4-8,11-12H,2-3,9-10H2,1H3,(H,20,22). The molecule has 138 valence electrons. The number of halogens is 1. The fraction of sp³-hybridized carbons (Fsp3) is 0.278. The first-order valence-corrected chi connectivity index (χ1v) is 10.4. The number of hydrogen-bond acceptors (Lipinski definition) is 4. The van der Waals surface area contributed by atoms with E-state index in [9.17, 15) is 13.2 Å². The second-order valence-electron chi connectivity index (χ2n) is 5.94. The summed E-state index contributed by atoms with van der Waals surface area (Å²) in [6, 6.07) is 11.5. The number of carbonyl (C=O) groups excluding carboxylic acids is 1. The van der Waals surface area contributed by atoms with E-state index in [1.807, 2.05) is 0 Å². The summed E-state index contributed by atoms with van der Waals surface area (Å²) in [6.45, 7) is 1.04. The summed E-state index contributed by atoms with van der Waals surface area (Å²) in [7, 11) is -2.04. The van der Waals surface area contributed by atoms with Crippen LogP contribution in [-0.4, -0.2) is 38.8 Å². The minimum Gasteiger partial charge on any atom is -0.497 e. The fourth-order valence-corrected chi connectivity index (χ4v) is 4.79. The van der Waals surface area contributed by atoms with Gasteiger partial charge in [0.15, 0.2) is 0 Å². The maximum atomic E-state index is 12.7. The van der Waals surface area contributed by atoms with Crippen LogP contribution in [0.2, 0.25) is 0 Å². The van der Waals surface area contributed by atoms with Crippen molar-refractivity contribution in [1.82, 2.24) is 4.31 Å². The SMILES string of the molecule is COc1cccc(NC(=O)c2cc(S(=O)(=O)N3CCCC3)ccc2Br)c1. The first kappa shape index (κ1) is 18.9. The Kier molecular flexibility index (Phi) is 5.64. The van der Waals surface area contributed by atoms with Gasteiger partial charge in [0.1, 0.15) is 5.75 Å². The van der Waals surface area contributed by atoms with E-state index >= 15 is 0 Å². The molecule has 1 fully saturated rings. The normalized spacial score (nSPS) is 15.0. The molecule has 8 heteroatoms. The maximum Gasteiger partial charge on any atom is 0.256 e. The van der Waals surface area contributed by atoms with Crippen molar-refractivity contribution in [1.29, 1.82) is 0 Å². The van der Waals surface area contributed by atoms with Gasteiger partial charge in [-0.05, 0) is 59.1 Å². The number of hydrogen-bond donors (Lipinski definition) is 1. The van der Waals surface area contributed by atoms with Gasteiger partial charge in [-0.1, -0.05) is 6.07 Å². The van der Waals surface area contributed by atoms with Crippen LogP contribution in [0.1, 0.15) is 23.2 Å². The number of nitrogens with zero attached hydrogens (tertiary/aromatic N) is 1. The number of amides is 1. The van der Waals surface area contributed by atoms with Crippen molar-refractivity contribution >= 4 is 37.5 Å². The van der Waals surface area contributed by atoms with Crippen LogP contribution in [0.3, 0.4) is 0 Å². The highest BCUT2D eigenvalue weighted by Crippen LogP contribution is 2.26. The topological polar surface area (TPSA) is 75.7 Å². The maximum absolute atomic E-state index is 12.7. The molecular weight excluding hydrogens is 420 g/mol. The van der Waals surface area contributed by atoms with E-state index in [2.05, 4.69) is 21.2 Å². The molecule has 26 heavy (non-hydrogen) atoms. The van der Waals surface area contributed by atoms with E-state index in [4.69, 9.17) is 4.74 Å². The third kappa shape index (κ3) is 3.92. The molecule has 0 radical (unpaired) electrons. The molecular formula is C18H19BrN2O4S. The third-order valence-corrected chi connectivity index (χ3v) is 6.80. The number of ether oxygens (including phenoxy) is 1. The average molecular weight is 439 g/mol.